The van der Waals surface area contributed by atoms with Gasteiger partial charge in [0.1, 0.15) is 6.04 Å². The van der Waals surface area contributed by atoms with Crippen LogP contribution in [0.3, 0.4) is 0 Å². The average molecular weight is 317 g/mol. The molecule has 0 unspecified atom stereocenters. The number of rotatable bonds is 2. The second-order valence-corrected chi connectivity index (χ2v) is 5.47. The van der Waals surface area contributed by atoms with E-state index in [2.05, 4.69) is 32.6 Å². The number of carbonyl (C=O) groups excluding carboxylic acids is 1. The number of para-hydroxylation sites is 1. The molecule has 1 aliphatic heterocycles. The van der Waals surface area contributed by atoms with E-state index in [-0.39, 0.29) is 11.9 Å². The Morgan fingerprint density at radius 1 is 1.21 bits per heavy atom. The van der Waals surface area contributed by atoms with Gasteiger partial charge in [-0.15, -0.1) is 0 Å². The standard InChI is InChI=1S/C15H13BrN2O/c16-11-5-3-6-12(9-11)17-15(19)14-8-10-4-1-2-7-13(10)18-14/h1-7,9,14,18H,8H2,(H,17,19)/t14-/m0/s1. The van der Waals surface area contributed by atoms with Crippen LogP contribution in [0.2, 0.25) is 0 Å². The molecule has 2 aromatic carbocycles. The average Bonchev–Trinajstić information content (AvgIpc) is 2.82. The summed E-state index contributed by atoms with van der Waals surface area (Å²) >= 11 is 3.39. The van der Waals surface area contributed by atoms with Gasteiger partial charge in [0.05, 0.1) is 0 Å². The maximum absolute atomic E-state index is 12.2. The Kier molecular flexibility index (Phi) is 3.25. The number of hydrogen-bond donors (Lipinski definition) is 2. The van der Waals surface area contributed by atoms with Crippen molar-refractivity contribution in [2.45, 2.75) is 12.5 Å². The van der Waals surface area contributed by atoms with Crippen molar-refractivity contribution in [3.63, 3.8) is 0 Å². The molecule has 0 saturated heterocycles. The zero-order chi connectivity index (χ0) is 13.2. The first-order valence-electron chi connectivity index (χ1n) is 6.13. The molecule has 0 fully saturated rings. The fraction of sp³-hybridized carbons (Fsp3) is 0.133. The molecule has 0 aromatic heterocycles. The minimum absolute atomic E-state index is 0.00528. The van der Waals surface area contributed by atoms with E-state index in [0.29, 0.717) is 0 Å². The third-order valence-corrected chi connectivity index (χ3v) is 3.67. The molecule has 1 aliphatic rings. The SMILES string of the molecule is O=C(Nc1cccc(Br)c1)[C@@H]1Cc2ccccc2N1. The Balaban J connectivity index is 1.70. The number of nitrogens with one attached hydrogen (secondary N) is 2. The monoisotopic (exact) mass is 316 g/mol. The number of carbonyl (C=O) groups is 1. The molecular weight excluding hydrogens is 304 g/mol. The van der Waals surface area contributed by atoms with Gasteiger partial charge in [-0.1, -0.05) is 40.2 Å². The third kappa shape index (κ3) is 2.63. The van der Waals surface area contributed by atoms with Crippen LogP contribution >= 0.6 is 15.9 Å². The third-order valence-electron chi connectivity index (χ3n) is 3.18. The first-order chi connectivity index (χ1) is 9.22. The molecule has 1 atom stereocenters. The molecule has 0 radical (unpaired) electrons. The Morgan fingerprint density at radius 2 is 2.05 bits per heavy atom. The van der Waals surface area contributed by atoms with Gasteiger partial charge in [0.15, 0.2) is 0 Å². The van der Waals surface area contributed by atoms with Gasteiger partial charge in [-0.25, -0.2) is 0 Å². The van der Waals surface area contributed by atoms with Crippen LogP contribution in [0.25, 0.3) is 0 Å². The van der Waals surface area contributed by atoms with Crippen LogP contribution in [0.15, 0.2) is 53.0 Å². The van der Waals surface area contributed by atoms with Crippen molar-refractivity contribution in [3.8, 4) is 0 Å². The van der Waals surface area contributed by atoms with Gasteiger partial charge < -0.3 is 10.6 Å². The number of amides is 1. The van der Waals surface area contributed by atoms with Gasteiger partial charge in [0.25, 0.3) is 0 Å². The first-order valence-corrected chi connectivity index (χ1v) is 6.92. The van der Waals surface area contributed by atoms with Gasteiger partial charge in [-0.2, -0.15) is 0 Å². The number of benzene rings is 2. The van der Waals surface area contributed by atoms with Crippen molar-refractivity contribution in [3.05, 3.63) is 58.6 Å². The highest BCUT2D eigenvalue weighted by Crippen LogP contribution is 2.26. The van der Waals surface area contributed by atoms with Crippen LogP contribution in [-0.2, 0) is 11.2 Å². The lowest BCUT2D eigenvalue weighted by molar-refractivity contribution is -0.116. The van der Waals surface area contributed by atoms with Crippen LogP contribution in [0.5, 0.6) is 0 Å². The van der Waals surface area contributed by atoms with E-state index < -0.39 is 0 Å². The molecule has 3 nitrogen and oxygen atoms in total. The molecule has 4 heteroatoms. The molecule has 0 bridgehead atoms. The maximum Gasteiger partial charge on any atom is 0.247 e. The molecule has 1 heterocycles. The number of hydrogen-bond acceptors (Lipinski definition) is 2. The van der Waals surface area contributed by atoms with E-state index in [9.17, 15) is 4.79 Å². The summed E-state index contributed by atoms with van der Waals surface area (Å²) in [5, 5.41) is 6.17. The highest BCUT2D eigenvalue weighted by molar-refractivity contribution is 9.10. The minimum Gasteiger partial charge on any atom is -0.373 e. The summed E-state index contributed by atoms with van der Waals surface area (Å²) in [6.07, 6.45) is 0.732. The molecular formula is C15H13BrN2O. The molecule has 1 amide bonds. The molecule has 2 aromatic rings. The van der Waals surface area contributed by atoms with Gasteiger partial charge in [0, 0.05) is 22.3 Å². The van der Waals surface area contributed by atoms with E-state index in [1.807, 2.05) is 42.5 Å². The summed E-state index contributed by atoms with van der Waals surface area (Å²) in [4.78, 5) is 12.2. The second kappa shape index (κ2) is 5.05. The summed E-state index contributed by atoms with van der Waals surface area (Å²) in [6.45, 7) is 0. The van der Waals surface area contributed by atoms with E-state index in [1.165, 1.54) is 5.56 Å². The predicted molar refractivity (Wildman–Crippen MR) is 80.3 cm³/mol. The zero-order valence-corrected chi connectivity index (χ0v) is 11.8. The summed E-state index contributed by atoms with van der Waals surface area (Å²) < 4.78 is 0.952. The largest absolute Gasteiger partial charge is 0.373 e. The zero-order valence-electron chi connectivity index (χ0n) is 10.2. The summed E-state index contributed by atoms with van der Waals surface area (Å²) in [5.41, 5.74) is 3.05. The van der Waals surface area contributed by atoms with Crippen molar-refractivity contribution in [2.24, 2.45) is 0 Å². The van der Waals surface area contributed by atoms with E-state index in [1.54, 1.807) is 0 Å². The molecule has 3 rings (SSSR count). The van der Waals surface area contributed by atoms with Crippen LogP contribution in [-0.4, -0.2) is 11.9 Å². The predicted octanol–water partition coefficient (Wildman–Crippen LogP) is 3.42. The van der Waals surface area contributed by atoms with Crippen molar-refractivity contribution in [1.29, 1.82) is 0 Å². The number of halogens is 1. The molecule has 2 N–H and O–H groups in total. The fourth-order valence-electron chi connectivity index (χ4n) is 2.25. The van der Waals surface area contributed by atoms with Gasteiger partial charge >= 0.3 is 0 Å². The fourth-order valence-corrected chi connectivity index (χ4v) is 2.65. The maximum atomic E-state index is 12.2. The van der Waals surface area contributed by atoms with Crippen LogP contribution < -0.4 is 10.6 Å². The quantitative estimate of drug-likeness (QED) is 0.891. The Labute approximate surface area is 120 Å². The lowest BCUT2D eigenvalue weighted by Crippen LogP contribution is -2.32. The Morgan fingerprint density at radius 3 is 2.84 bits per heavy atom. The molecule has 0 saturated carbocycles. The summed E-state index contributed by atoms with van der Waals surface area (Å²) in [6, 6.07) is 15.4. The minimum atomic E-state index is -0.198. The van der Waals surface area contributed by atoms with E-state index >= 15 is 0 Å². The van der Waals surface area contributed by atoms with Crippen LogP contribution in [0, 0.1) is 0 Å². The molecule has 0 aliphatic carbocycles. The van der Waals surface area contributed by atoms with Crippen molar-refractivity contribution in [2.75, 3.05) is 10.6 Å². The molecule has 96 valence electrons. The summed E-state index contributed by atoms with van der Waals surface area (Å²) in [7, 11) is 0. The smallest absolute Gasteiger partial charge is 0.247 e. The Hall–Kier alpha value is -1.81. The lowest BCUT2D eigenvalue weighted by Gasteiger charge is -2.12. The van der Waals surface area contributed by atoms with Gasteiger partial charge in [0.2, 0.25) is 5.91 Å². The lowest BCUT2D eigenvalue weighted by atomic mass is 10.1. The number of fused-ring (bicyclic) bond motifs is 1. The van der Waals surface area contributed by atoms with Crippen LogP contribution in [0.1, 0.15) is 5.56 Å². The van der Waals surface area contributed by atoms with Crippen LogP contribution in [0.4, 0.5) is 11.4 Å². The second-order valence-electron chi connectivity index (χ2n) is 4.56. The van der Waals surface area contributed by atoms with Gasteiger partial charge in [-0.05, 0) is 29.8 Å². The van der Waals surface area contributed by atoms with E-state index in [4.69, 9.17) is 0 Å². The van der Waals surface area contributed by atoms with Crippen molar-refractivity contribution >= 4 is 33.2 Å². The van der Waals surface area contributed by atoms with E-state index in [0.717, 1.165) is 22.3 Å². The van der Waals surface area contributed by atoms with Crippen molar-refractivity contribution < 1.29 is 4.79 Å². The normalized spacial score (nSPS) is 16.6. The van der Waals surface area contributed by atoms with Crippen molar-refractivity contribution in [1.82, 2.24) is 0 Å². The molecule has 0 spiro atoms. The Bertz CT molecular complexity index is 602. The first kappa shape index (κ1) is 12.2. The number of anilines is 2. The highest BCUT2D eigenvalue weighted by Gasteiger charge is 2.26. The summed E-state index contributed by atoms with van der Waals surface area (Å²) in [5.74, 6) is -0.00528. The van der Waals surface area contributed by atoms with Gasteiger partial charge in [-0.3, -0.25) is 4.79 Å². The highest BCUT2D eigenvalue weighted by atomic mass is 79.9. The topological polar surface area (TPSA) is 41.1 Å². The molecule has 19 heavy (non-hydrogen) atoms.